The molecule has 2 rings (SSSR count). The standard InChI is InChI=1S/C16H18BrNO3/c1-2-3-14(16(19)20)18-10-13-8-9-15(21-13)11-4-6-12(17)7-5-11/h4-9,14,18H,2-3,10H2,1H3,(H,19,20). The van der Waals surface area contributed by atoms with Crippen molar-refractivity contribution in [3.8, 4) is 11.3 Å². The second-order valence-corrected chi connectivity index (χ2v) is 5.75. The molecule has 0 amide bonds. The number of nitrogens with one attached hydrogen (secondary N) is 1. The van der Waals surface area contributed by atoms with Crippen LogP contribution in [0.1, 0.15) is 25.5 Å². The van der Waals surface area contributed by atoms with Gasteiger partial charge in [0, 0.05) is 10.0 Å². The van der Waals surface area contributed by atoms with Crippen LogP contribution in [0.15, 0.2) is 45.3 Å². The Morgan fingerprint density at radius 3 is 2.62 bits per heavy atom. The van der Waals surface area contributed by atoms with E-state index in [9.17, 15) is 4.79 Å². The molecule has 2 aromatic rings. The molecule has 1 aromatic carbocycles. The van der Waals surface area contributed by atoms with Gasteiger partial charge in [0.1, 0.15) is 17.6 Å². The summed E-state index contributed by atoms with van der Waals surface area (Å²) in [5.74, 6) is 0.688. The molecule has 0 fully saturated rings. The number of hydrogen-bond donors (Lipinski definition) is 2. The summed E-state index contributed by atoms with van der Waals surface area (Å²) >= 11 is 3.40. The zero-order valence-corrected chi connectivity index (χ0v) is 13.4. The van der Waals surface area contributed by atoms with Crippen LogP contribution in [0.2, 0.25) is 0 Å². The average molecular weight is 352 g/mol. The normalized spacial score (nSPS) is 12.3. The van der Waals surface area contributed by atoms with Crippen molar-refractivity contribution in [1.29, 1.82) is 0 Å². The Morgan fingerprint density at radius 1 is 1.29 bits per heavy atom. The number of rotatable bonds is 7. The van der Waals surface area contributed by atoms with Crippen molar-refractivity contribution in [2.45, 2.75) is 32.4 Å². The van der Waals surface area contributed by atoms with Crippen molar-refractivity contribution in [2.75, 3.05) is 0 Å². The van der Waals surface area contributed by atoms with E-state index in [0.717, 1.165) is 28.0 Å². The SMILES string of the molecule is CCCC(NCc1ccc(-c2ccc(Br)cc2)o1)C(=O)O. The van der Waals surface area contributed by atoms with E-state index in [2.05, 4.69) is 21.2 Å². The first-order chi connectivity index (χ1) is 10.1. The summed E-state index contributed by atoms with van der Waals surface area (Å²) in [7, 11) is 0. The first-order valence-electron chi connectivity index (χ1n) is 6.91. The van der Waals surface area contributed by atoms with Gasteiger partial charge in [-0.05, 0) is 30.7 Å². The van der Waals surface area contributed by atoms with Crippen LogP contribution in [-0.4, -0.2) is 17.1 Å². The molecule has 1 unspecified atom stereocenters. The minimum atomic E-state index is -0.823. The fraction of sp³-hybridized carbons (Fsp3) is 0.312. The van der Waals surface area contributed by atoms with Crippen LogP contribution in [0.25, 0.3) is 11.3 Å². The molecule has 0 saturated carbocycles. The molecule has 1 atom stereocenters. The Labute approximate surface area is 132 Å². The van der Waals surface area contributed by atoms with Crippen LogP contribution in [-0.2, 0) is 11.3 Å². The lowest BCUT2D eigenvalue weighted by molar-refractivity contribution is -0.139. The fourth-order valence-electron chi connectivity index (χ4n) is 2.07. The molecule has 0 aliphatic rings. The zero-order valence-electron chi connectivity index (χ0n) is 11.8. The highest BCUT2D eigenvalue weighted by Crippen LogP contribution is 2.24. The fourth-order valence-corrected chi connectivity index (χ4v) is 2.33. The third-order valence-electron chi connectivity index (χ3n) is 3.19. The molecular formula is C16H18BrNO3. The van der Waals surface area contributed by atoms with Crippen LogP contribution in [0.3, 0.4) is 0 Å². The van der Waals surface area contributed by atoms with Gasteiger partial charge in [-0.15, -0.1) is 0 Å². The predicted molar refractivity (Wildman–Crippen MR) is 85.0 cm³/mol. The molecule has 112 valence electrons. The van der Waals surface area contributed by atoms with Gasteiger partial charge in [0.15, 0.2) is 0 Å². The third kappa shape index (κ3) is 4.44. The number of halogens is 1. The van der Waals surface area contributed by atoms with Crippen LogP contribution in [0, 0.1) is 0 Å². The first-order valence-corrected chi connectivity index (χ1v) is 7.70. The van der Waals surface area contributed by atoms with Gasteiger partial charge in [-0.1, -0.05) is 41.4 Å². The number of hydrogen-bond acceptors (Lipinski definition) is 3. The number of carbonyl (C=O) groups is 1. The highest BCUT2D eigenvalue weighted by Gasteiger charge is 2.16. The molecule has 0 saturated heterocycles. The van der Waals surface area contributed by atoms with Crippen molar-refractivity contribution < 1.29 is 14.3 Å². The number of aliphatic carboxylic acids is 1. The van der Waals surface area contributed by atoms with Gasteiger partial charge in [-0.2, -0.15) is 0 Å². The molecule has 5 heteroatoms. The summed E-state index contributed by atoms with van der Waals surface area (Å²) in [4.78, 5) is 11.1. The zero-order chi connectivity index (χ0) is 15.2. The van der Waals surface area contributed by atoms with E-state index in [4.69, 9.17) is 9.52 Å². The highest BCUT2D eigenvalue weighted by molar-refractivity contribution is 9.10. The summed E-state index contributed by atoms with van der Waals surface area (Å²) in [5, 5.41) is 12.1. The van der Waals surface area contributed by atoms with Gasteiger partial charge in [-0.25, -0.2) is 0 Å². The lowest BCUT2D eigenvalue weighted by Gasteiger charge is -2.11. The van der Waals surface area contributed by atoms with E-state index in [1.807, 2.05) is 43.3 Å². The number of furan rings is 1. The quantitative estimate of drug-likeness (QED) is 0.789. The van der Waals surface area contributed by atoms with Gasteiger partial charge in [0.05, 0.1) is 6.54 Å². The molecule has 0 aliphatic carbocycles. The van der Waals surface area contributed by atoms with Crippen LogP contribution < -0.4 is 5.32 Å². The second-order valence-electron chi connectivity index (χ2n) is 4.83. The van der Waals surface area contributed by atoms with E-state index in [1.54, 1.807) is 0 Å². The van der Waals surface area contributed by atoms with Crippen LogP contribution in [0.5, 0.6) is 0 Å². The maximum absolute atomic E-state index is 11.1. The lowest BCUT2D eigenvalue weighted by atomic mass is 10.1. The van der Waals surface area contributed by atoms with Gasteiger partial charge < -0.3 is 9.52 Å². The maximum Gasteiger partial charge on any atom is 0.320 e. The smallest absolute Gasteiger partial charge is 0.320 e. The second kappa shape index (κ2) is 7.43. The summed E-state index contributed by atoms with van der Waals surface area (Å²) in [5.41, 5.74) is 0.993. The van der Waals surface area contributed by atoms with Crippen molar-refractivity contribution in [2.24, 2.45) is 0 Å². The Kier molecular flexibility index (Phi) is 5.59. The minimum absolute atomic E-state index is 0.410. The minimum Gasteiger partial charge on any atom is -0.480 e. The largest absolute Gasteiger partial charge is 0.480 e. The third-order valence-corrected chi connectivity index (χ3v) is 3.72. The monoisotopic (exact) mass is 351 g/mol. The van der Waals surface area contributed by atoms with Crippen molar-refractivity contribution >= 4 is 21.9 Å². The summed E-state index contributed by atoms with van der Waals surface area (Å²) in [6, 6.07) is 11.1. The summed E-state index contributed by atoms with van der Waals surface area (Å²) in [6.45, 7) is 2.38. The number of benzene rings is 1. The Morgan fingerprint density at radius 2 is 2.00 bits per heavy atom. The van der Waals surface area contributed by atoms with Crippen molar-refractivity contribution in [1.82, 2.24) is 5.32 Å². The van der Waals surface area contributed by atoms with Gasteiger partial charge in [-0.3, -0.25) is 10.1 Å². The first kappa shape index (κ1) is 15.8. The van der Waals surface area contributed by atoms with Crippen LogP contribution in [0.4, 0.5) is 0 Å². The van der Waals surface area contributed by atoms with Gasteiger partial charge in [0.2, 0.25) is 0 Å². The summed E-state index contributed by atoms with van der Waals surface area (Å²) in [6.07, 6.45) is 1.43. The van der Waals surface area contributed by atoms with E-state index in [1.165, 1.54) is 0 Å². The van der Waals surface area contributed by atoms with Crippen LogP contribution >= 0.6 is 15.9 Å². The molecule has 0 spiro atoms. The van der Waals surface area contributed by atoms with Crippen molar-refractivity contribution in [3.63, 3.8) is 0 Å². The Bertz CT molecular complexity index is 592. The Hall–Kier alpha value is -1.59. The van der Waals surface area contributed by atoms with E-state index in [-0.39, 0.29) is 0 Å². The maximum atomic E-state index is 11.1. The lowest BCUT2D eigenvalue weighted by Crippen LogP contribution is -2.35. The predicted octanol–water partition coefficient (Wildman–Crippen LogP) is 4.05. The van der Waals surface area contributed by atoms with Gasteiger partial charge in [0.25, 0.3) is 0 Å². The average Bonchev–Trinajstić information content (AvgIpc) is 2.92. The molecule has 0 aliphatic heterocycles. The molecule has 0 radical (unpaired) electrons. The van der Waals surface area contributed by atoms with Gasteiger partial charge >= 0.3 is 5.97 Å². The highest BCUT2D eigenvalue weighted by atomic mass is 79.9. The molecule has 0 bridgehead atoms. The summed E-state index contributed by atoms with van der Waals surface area (Å²) < 4.78 is 6.76. The molecule has 1 heterocycles. The van der Waals surface area contributed by atoms with E-state index in [0.29, 0.717) is 13.0 Å². The molecule has 4 nitrogen and oxygen atoms in total. The molecule has 1 aromatic heterocycles. The van der Waals surface area contributed by atoms with E-state index >= 15 is 0 Å². The molecular weight excluding hydrogens is 334 g/mol. The topological polar surface area (TPSA) is 62.5 Å². The molecule has 2 N–H and O–H groups in total. The number of carboxylic acid groups (broad SMARTS) is 1. The molecule has 21 heavy (non-hydrogen) atoms. The number of carboxylic acids is 1. The van der Waals surface area contributed by atoms with Crippen molar-refractivity contribution in [3.05, 3.63) is 46.6 Å². The Balaban J connectivity index is 2.00. The van der Waals surface area contributed by atoms with E-state index < -0.39 is 12.0 Å².